The predicted molar refractivity (Wildman–Crippen MR) is 107 cm³/mol. The van der Waals surface area contributed by atoms with E-state index in [0.717, 1.165) is 23.1 Å². The molecule has 1 aromatic carbocycles. The minimum absolute atomic E-state index is 0.163. The van der Waals surface area contributed by atoms with Crippen molar-refractivity contribution in [1.82, 2.24) is 9.13 Å². The van der Waals surface area contributed by atoms with Crippen LogP contribution in [0, 0.1) is 0 Å². The second-order valence-electron chi connectivity index (χ2n) is 7.31. The Morgan fingerprint density at radius 1 is 1.19 bits per heavy atom. The zero-order valence-electron chi connectivity index (χ0n) is 16.2. The van der Waals surface area contributed by atoms with Crippen molar-refractivity contribution >= 4 is 17.7 Å². The van der Waals surface area contributed by atoms with E-state index in [-0.39, 0.29) is 5.91 Å². The fourth-order valence-corrected chi connectivity index (χ4v) is 3.41. The van der Waals surface area contributed by atoms with Crippen molar-refractivity contribution in [3.63, 3.8) is 0 Å². The van der Waals surface area contributed by atoms with Gasteiger partial charge in [-0.3, -0.25) is 14.2 Å². The highest BCUT2D eigenvalue weighted by molar-refractivity contribution is 6.04. The minimum Gasteiger partial charge on any atom is -0.309 e. The average Bonchev–Trinajstić information content (AvgIpc) is 2.66. The zero-order chi connectivity index (χ0) is 19.7. The largest absolute Gasteiger partial charge is 0.330 e. The second-order valence-corrected chi connectivity index (χ2v) is 7.31. The normalized spacial score (nSPS) is 14.0. The molecule has 142 valence electrons. The van der Waals surface area contributed by atoms with Gasteiger partial charge in [0.25, 0.3) is 11.5 Å². The number of benzene rings is 1. The smallest absolute Gasteiger partial charge is 0.309 e. The number of carbonyl (C=O) groups excluding carboxylic acids is 1. The van der Waals surface area contributed by atoms with Crippen molar-refractivity contribution in [2.24, 2.45) is 14.1 Å². The summed E-state index contributed by atoms with van der Waals surface area (Å²) in [6, 6.07) is 6.27. The van der Waals surface area contributed by atoms with Gasteiger partial charge in [-0.1, -0.05) is 26.0 Å². The van der Waals surface area contributed by atoms with E-state index in [0.29, 0.717) is 18.0 Å². The van der Waals surface area contributed by atoms with E-state index in [1.807, 2.05) is 6.07 Å². The number of fused-ring (bicyclic) bond motifs is 1. The lowest BCUT2D eigenvalue weighted by atomic mass is 9.95. The van der Waals surface area contributed by atoms with Gasteiger partial charge in [0.15, 0.2) is 0 Å². The van der Waals surface area contributed by atoms with Crippen LogP contribution in [0.2, 0.25) is 0 Å². The van der Waals surface area contributed by atoms with Crippen LogP contribution in [0.3, 0.4) is 0 Å². The van der Waals surface area contributed by atoms with Crippen LogP contribution in [0.25, 0.3) is 6.08 Å². The van der Waals surface area contributed by atoms with Crippen LogP contribution in [0.4, 0.5) is 5.69 Å². The maximum absolute atomic E-state index is 12.8. The van der Waals surface area contributed by atoms with Crippen LogP contribution in [0.1, 0.15) is 42.9 Å². The molecule has 1 aliphatic rings. The molecule has 0 unspecified atom stereocenters. The average molecular weight is 367 g/mol. The molecule has 6 nitrogen and oxygen atoms in total. The molecule has 3 rings (SSSR count). The monoisotopic (exact) mass is 367 g/mol. The molecule has 0 N–H and O–H groups in total. The molecule has 1 aromatic heterocycles. The topological polar surface area (TPSA) is 64.3 Å². The van der Waals surface area contributed by atoms with Crippen LogP contribution in [0.15, 0.2) is 40.1 Å². The zero-order valence-corrected chi connectivity index (χ0v) is 16.2. The van der Waals surface area contributed by atoms with Gasteiger partial charge in [-0.25, -0.2) is 4.79 Å². The number of amides is 1. The minimum atomic E-state index is -0.414. The SMILES string of the molecule is CC(C)c1ccc2c(c1)CCCN2C(=O)/C=C/c1cn(C)c(=O)n(C)c1=O. The van der Waals surface area contributed by atoms with Gasteiger partial charge in [0.2, 0.25) is 0 Å². The van der Waals surface area contributed by atoms with Crippen molar-refractivity contribution in [3.8, 4) is 0 Å². The highest BCUT2D eigenvalue weighted by Crippen LogP contribution is 2.30. The van der Waals surface area contributed by atoms with Crippen LogP contribution in [-0.2, 0) is 25.3 Å². The molecule has 0 radical (unpaired) electrons. The molecule has 0 fully saturated rings. The molecular weight excluding hydrogens is 342 g/mol. The van der Waals surface area contributed by atoms with Gasteiger partial charge in [-0.15, -0.1) is 0 Å². The highest BCUT2D eigenvalue weighted by atomic mass is 16.2. The van der Waals surface area contributed by atoms with Crippen LogP contribution in [0.5, 0.6) is 0 Å². The standard InChI is InChI=1S/C21H25N3O3/c1-14(2)15-7-9-18-16(12-15)6-5-11-24(18)19(25)10-8-17-13-22(3)21(27)23(4)20(17)26/h7-10,12-14H,5-6,11H2,1-4H3/b10-8+. The first-order chi connectivity index (χ1) is 12.8. The molecule has 6 heteroatoms. The Morgan fingerprint density at radius 3 is 2.63 bits per heavy atom. The summed E-state index contributed by atoms with van der Waals surface area (Å²) in [6.45, 7) is 4.97. The molecule has 1 aliphatic heterocycles. The summed E-state index contributed by atoms with van der Waals surface area (Å²) in [5, 5.41) is 0. The lowest BCUT2D eigenvalue weighted by Crippen LogP contribution is -2.37. The summed E-state index contributed by atoms with van der Waals surface area (Å²) >= 11 is 0. The van der Waals surface area contributed by atoms with E-state index < -0.39 is 11.2 Å². The molecule has 2 heterocycles. The summed E-state index contributed by atoms with van der Waals surface area (Å²) in [5.41, 5.74) is 2.89. The fourth-order valence-electron chi connectivity index (χ4n) is 3.41. The second kappa shape index (κ2) is 7.39. The van der Waals surface area contributed by atoms with Gasteiger partial charge in [0.1, 0.15) is 0 Å². The Balaban J connectivity index is 1.90. The molecule has 0 bridgehead atoms. The van der Waals surface area contributed by atoms with E-state index >= 15 is 0 Å². The van der Waals surface area contributed by atoms with E-state index in [4.69, 9.17) is 0 Å². The lowest BCUT2D eigenvalue weighted by Gasteiger charge is -2.29. The summed E-state index contributed by atoms with van der Waals surface area (Å²) in [5.74, 6) is 0.284. The number of carbonyl (C=O) groups is 1. The molecule has 0 saturated heterocycles. The van der Waals surface area contributed by atoms with Gasteiger partial charge >= 0.3 is 5.69 Å². The van der Waals surface area contributed by atoms with Crippen molar-refractivity contribution < 1.29 is 4.79 Å². The first-order valence-electron chi connectivity index (χ1n) is 9.18. The number of aryl methyl sites for hydroxylation is 2. The Morgan fingerprint density at radius 2 is 1.93 bits per heavy atom. The summed E-state index contributed by atoms with van der Waals surface area (Å²) < 4.78 is 2.36. The van der Waals surface area contributed by atoms with E-state index in [2.05, 4.69) is 26.0 Å². The third kappa shape index (κ3) is 3.65. The number of hydrogen-bond donors (Lipinski definition) is 0. The first kappa shape index (κ1) is 18.9. The molecule has 2 aromatic rings. The summed E-state index contributed by atoms with van der Waals surface area (Å²) in [6.07, 6.45) is 6.22. The molecule has 0 spiro atoms. The summed E-state index contributed by atoms with van der Waals surface area (Å²) in [4.78, 5) is 38.5. The number of hydrogen-bond acceptors (Lipinski definition) is 3. The van der Waals surface area contributed by atoms with Gasteiger partial charge in [-0.05, 0) is 42.0 Å². The van der Waals surface area contributed by atoms with E-state index in [1.54, 1.807) is 11.9 Å². The van der Waals surface area contributed by atoms with Gasteiger partial charge in [0.05, 0.1) is 5.56 Å². The Bertz CT molecular complexity index is 1030. The number of anilines is 1. The Hall–Kier alpha value is -2.89. The third-order valence-corrected chi connectivity index (χ3v) is 5.03. The van der Waals surface area contributed by atoms with E-state index in [9.17, 15) is 14.4 Å². The van der Waals surface area contributed by atoms with Crippen molar-refractivity contribution in [1.29, 1.82) is 0 Å². The fraction of sp³-hybridized carbons (Fsp3) is 0.381. The van der Waals surface area contributed by atoms with E-state index in [1.165, 1.54) is 41.1 Å². The molecule has 0 saturated carbocycles. The Labute approximate surface area is 158 Å². The molecule has 0 aliphatic carbocycles. The molecule has 0 atom stereocenters. The third-order valence-electron chi connectivity index (χ3n) is 5.03. The van der Waals surface area contributed by atoms with Gasteiger partial charge in [-0.2, -0.15) is 0 Å². The number of aromatic nitrogens is 2. The molecular formula is C21H25N3O3. The summed E-state index contributed by atoms with van der Waals surface area (Å²) in [7, 11) is 3.01. The lowest BCUT2D eigenvalue weighted by molar-refractivity contribution is -0.114. The predicted octanol–water partition coefficient (Wildman–Crippen LogP) is 2.20. The van der Waals surface area contributed by atoms with Gasteiger partial charge < -0.3 is 9.47 Å². The van der Waals surface area contributed by atoms with Crippen LogP contribution >= 0.6 is 0 Å². The maximum atomic E-state index is 12.8. The molecule has 1 amide bonds. The molecule has 27 heavy (non-hydrogen) atoms. The van der Waals surface area contributed by atoms with Gasteiger partial charge in [0, 0.05) is 38.6 Å². The quantitative estimate of drug-likeness (QED) is 0.781. The Kier molecular flexibility index (Phi) is 5.17. The first-order valence-corrected chi connectivity index (χ1v) is 9.18. The van der Waals surface area contributed by atoms with Crippen molar-refractivity contribution in [3.05, 3.63) is 68.0 Å². The number of rotatable bonds is 3. The maximum Gasteiger partial charge on any atom is 0.330 e. The van der Waals surface area contributed by atoms with Crippen LogP contribution in [-0.4, -0.2) is 21.6 Å². The highest BCUT2D eigenvalue weighted by Gasteiger charge is 2.21. The van der Waals surface area contributed by atoms with Crippen molar-refractivity contribution in [2.45, 2.75) is 32.6 Å². The van der Waals surface area contributed by atoms with Crippen LogP contribution < -0.4 is 16.1 Å². The number of nitrogens with zero attached hydrogens (tertiary/aromatic N) is 3. The van der Waals surface area contributed by atoms with Crippen molar-refractivity contribution in [2.75, 3.05) is 11.4 Å².